The fraction of sp³-hybridized carbons (Fsp3) is 0.385. The number of rotatable bonds is 8. The second kappa shape index (κ2) is 10.1. The number of amides is 1. The molecule has 0 bridgehead atoms. The van der Waals surface area contributed by atoms with Crippen molar-refractivity contribution in [3.8, 4) is 11.5 Å². The lowest BCUT2D eigenvalue weighted by molar-refractivity contribution is -0.140. The van der Waals surface area contributed by atoms with E-state index in [1.54, 1.807) is 18.2 Å². The summed E-state index contributed by atoms with van der Waals surface area (Å²) in [6, 6.07) is 9.29. The van der Waals surface area contributed by atoms with Gasteiger partial charge in [-0.05, 0) is 61.8 Å². The molecule has 0 aromatic heterocycles. The minimum Gasteiger partial charge on any atom is -0.508 e. The molecule has 7 heteroatoms. The minimum atomic E-state index is -0.821. The number of nitrogens with zero attached hydrogens (tertiary/aromatic N) is 2. The van der Waals surface area contributed by atoms with Gasteiger partial charge in [0.1, 0.15) is 17.3 Å². The van der Waals surface area contributed by atoms with Crippen LogP contribution in [-0.2, 0) is 9.59 Å². The van der Waals surface area contributed by atoms with Gasteiger partial charge >= 0.3 is 0 Å². The van der Waals surface area contributed by atoms with Gasteiger partial charge in [0.25, 0.3) is 11.7 Å². The summed E-state index contributed by atoms with van der Waals surface area (Å²) in [7, 11) is 1.50. The Bertz CT molecular complexity index is 1090. The maximum Gasteiger partial charge on any atom is 0.295 e. The first-order valence-electron chi connectivity index (χ1n) is 11.2. The van der Waals surface area contributed by atoms with Crippen molar-refractivity contribution < 1.29 is 24.5 Å². The first kappa shape index (κ1) is 24.3. The van der Waals surface area contributed by atoms with E-state index in [4.69, 9.17) is 4.74 Å². The molecule has 3 rings (SSSR count). The molecule has 1 atom stereocenters. The molecule has 1 aliphatic heterocycles. The highest BCUT2D eigenvalue weighted by atomic mass is 16.5. The number of methoxy groups -OCH3 is 1. The predicted octanol–water partition coefficient (Wildman–Crippen LogP) is 3.78. The van der Waals surface area contributed by atoms with Gasteiger partial charge in [-0.15, -0.1) is 0 Å². The molecule has 7 nitrogen and oxygen atoms in total. The zero-order chi connectivity index (χ0) is 24.3. The van der Waals surface area contributed by atoms with Crippen LogP contribution in [0.3, 0.4) is 0 Å². The van der Waals surface area contributed by atoms with Crippen LogP contribution in [0, 0.1) is 13.8 Å². The number of hydrogen-bond donors (Lipinski definition) is 2. The summed E-state index contributed by atoms with van der Waals surface area (Å²) in [6.07, 6.45) is 0. The number of carbonyl (C=O) groups is 2. The lowest BCUT2D eigenvalue weighted by atomic mass is 9.93. The van der Waals surface area contributed by atoms with Crippen molar-refractivity contribution in [2.45, 2.75) is 33.7 Å². The normalized spacial score (nSPS) is 17.8. The van der Waals surface area contributed by atoms with Crippen LogP contribution in [0.5, 0.6) is 11.5 Å². The van der Waals surface area contributed by atoms with Crippen molar-refractivity contribution in [3.63, 3.8) is 0 Å². The molecule has 176 valence electrons. The lowest BCUT2D eigenvalue weighted by Crippen LogP contribution is -2.38. The van der Waals surface area contributed by atoms with E-state index in [0.29, 0.717) is 30.0 Å². The van der Waals surface area contributed by atoms with Gasteiger partial charge in [0.05, 0.1) is 24.3 Å². The van der Waals surface area contributed by atoms with Crippen LogP contribution < -0.4 is 4.74 Å². The third kappa shape index (κ3) is 4.73. The highest BCUT2D eigenvalue weighted by molar-refractivity contribution is 6.46. The number of phenolic OH excluding ortho intramolecular Hbond substituents is 1. The van der Waals surface area contributed by atoms with Gasteiger partial charge in [-0.25, -0.2) is 0 Å². The first-order valence-corrected chi connectivity index (χ1v) is 11.2. The van der Waals surface area contributed by atoms with E-state index >= 15 is 0 Å². The maximum atomic E-state index is 13.2. The maximum absolute atomic E-state index is 13.2. The van der Waals surface area contributed by atoms with Gasteiger partial charge in [-0.2, -0.15) is 0 Å². The molecule has 1 heterocycles. The smallest absolute Gasteiger partial charge is 0.295 e. The Morgan fingerprint density at radius 3 is 2.42 bits per heavy atom. The number of ether oxygens (including phenoxy) is 1. The zero-order valence-electron chi connectivity index (χ0n) is 19.9. The summed E-state index contributed by atoms with van der Waals surface area (Å²) in [5, 5.41) is 21.5. The Hall–Kier alpha value is -3.32. The van der Waals surface area contributed by atoms with E-state index in [9.17, 15) is 19.8 Å². The molecule has 0 saturated carbocycles. The number of aryl methyl sites for hydroxylation is 2. The van der Waals surface area contributed by atoms with Crippen LogP contribution in [0.25, 0.3) is 5.76 Å². The fourth-order valence-corrected chi connectivity index (χ4v) is 4.49. The Morgan fingerprint density at radius 1 is 1.12 bits per heavy atom. The highest BCUT2D eigenvalue weighted by Crippen LogP contribution is 2.42. The van der Waals surface area contributed by atoms with Crippen LogP contribution in [0.4, 0.5) is 0 Å². The third-order valence-electron chi connectivity index (χ3n) is 6.16. The highest BCUT2D eigenvalue weighted by Gasteiger charge is 2.46. The molecule has 2 aromatic carbocycles. The number of likely N-dealkylation sites (N-methyl/N-ethyl adjacent to an activating group) is 1. The van der Waals surface area contributed by atoms with Crippen LogP contribution in [0.1, 0.15) is 42.1 Å². The topological polar surface area (TPSA) is 90.3 Å². The Balaban J connectivity index is 2.20. The van der Waals surface area contributed by atoms with Crippen molar-refractivity contribution >= 4 is 17.4 Å². The number of carbonyl (C=O) groups excluding carboxylic acids is 2. The second-order valence-corrected chi connectivity index (χ2v) is 8.28. The number of likely N-dealkylation sites (tertiary alicyclic amines) is 1. The van der Waals surface area contributed by atoms with E-state index in [-0.39, 0.29) is 17.1 Å². The molecule has 0 spiro atoms. The molecule has 1 amide bonds. The zero-order valence-corrected chi connectivity index (χ0v) is 19.9. The largest absolute Gasteiger partial charge is 0.508 e. The summed E-state index contributed by atoms with van der Waals surface area (Å²) < 4.78 is 5.52. The molecule has 1 unspecified atom stereocenters. The SMILES string of the molecule is CCN(CC)CCN1C(=O)C(=O)/C(=C(/O)c2cc(C)cc(C)c2OC)C1c1cccc(O)c1. The van der Waals surface area contributed by atoms with Gasteiger partial charge in [0.2, 0.25) is 0 Å². The lowest BCUT2D eigenvalue weighted by Gasteiger charge is -2.28. The molecule has 33 heavy (non-hydrogen) atoms. The summed E-state index contributed by atoms with van der Waals surface area (Å²) in [5.74, 6) is -1.23. The van der Waals surface area contributed by atoms with Gasteiger partial charge in [0.15, 0.2) is 0 Å². The van der Waals surface area contributed by atoms with Crippen LogP contribution in [0.15, 0.2) is 42.0 Å². The van der Waals surface area contributed by atoms with Crippen LogP contribution >= 0.6 is 0 Å². The number of aliphatic hydroxyl groups is 1. The van der Waals surface area contributed by atoms with Crippen molar-refractivity contribution in [2.24, 2.45) is 0 Å². The quantitative estimate of drug-likeness (QED) is 0.360. The monoisotopic (exact) mass is 452 g/mol. The predicted molar refractivity (Wildman–Crippen MR) is 127 cm³/mol. The summed E-state index contributed by atoms with van der Waals surface area (Å²) in [6.45, 7) is 10.4. The van der Waals surface area contributed by atoms with E-state index < -0.39 is 17.7 Å². The second-order valence-electron chi connectivity index (χ2n) is 8.28. The van der Waals surface area contributed by atoms with E-state index in [2.05, 4.69) is 4.90 Å². The number of Topliss-reactive ketones (excluding diaryl/α,β-unsaturated/α-hetero) is 1. The van der Waals surface area contributed by atoms with E-state index in [1.165, 1.54) is 24.1 Å². The Kier molecular flexibility index (Phi) is 7.43. The molecular weight excluding hydrogens is 420 g/mol. The molecule has 2 N–H and O–H groups in total. The Morgan fingerprint density at radius 2 is 1.82 bits per heavy atom. The first-order chi connectivity index (χ1) is 15.7. The molecule has 1 fully saturated rings. The van der Waals surface area contributed by atoms with Gasteiger partial charge < -0.3 is 24.7 Å². The summed E-state index contributed by atoms with van der Waals surface area (Å²) in [5.41, 5.74) is 2.61. The number of aliphatic hydroxyl groups excluding tert-OH is 1. The van der Waals surface area contributed by atoms with Crippen molar-refractivity contribution in [3.05, 3.63) is 64.2 Å². The third-order valence-corrected chi connectivity index (χ3v) is 6.16. The Labute approximate surface area is 194 Å². The standard InChI is InChI=1S/C26H32N2O5/c1-6-27(7-2)11-12-28-22(18-9-8-10-19(29)15-18)21(24(31)26(28)32)23(30)20-14-16(3)13-17(4)25(20)33-5/h8-10,13-15,22,29-30H,6-7,11-12H2,1-5H3/b23-21+. The van der Waals surface area contributed by atoms with Crippen molar-refractivity contribution in [1.82, 2.24) is 9.80 Å². The minimum absolute atomic E-state index is 0.00607. The summed E-state index contributed by atoms with van der Waals surface area (Å²) >= 11 is 0. The average Bonchev–Trinajstić information content (AvgIpc) is 3.03. The van der Waals surface area contributed by atoms with Crippen LogP contribution in [-0.4, -0.2) is 65.0 Å². The number of phenols is 1. The average molecular weight is 453 g/mol. The molecule has 1 saturated heterocycles. The number of benzene rings is 2. The fourth-order valence-electron chi connectivity index (χ4n) is 4.49. The molecule has 0 aliphatic carbocycles. The van der Waals surface area contributed by atoms with Crippen LogP contribution in [0.2, 0.25) is 0 Å². The van der Waals surface area contributed by atoms with Gasteiger partial charge in [0, 0.05) is 13.1 Å². The van der Waals surface area contributed by atoms with E-state index in [0.717, 1.165) is 24.2 Å². The van der Waals surface area contributed by atoms with Crippen molar-refractivity contribution in [1.29, 1.82) is 0 Å². The number of ketones is 1. The molecular formula is C26H32N2O5. The van der Waals surface area contributed by atoms with E-state index in [1.807, 2.05) is 33.8 Å². The molecule has 0 radical (unpaired) electrons. The number of hydrogen-bond acceptors (Lipinski definition) is 6. The molecule has 1 aliphatic rings. The summed E-state index contributed by atoms with van der Waals surface area (Å²) in [4.78, 5) is 30.0. The van der Waals surface area contributed by atoms with Gasteiger partial charge in [-0.3, -0.25) is 9.59 Å². The van der Waals surface area contributed by atoms with Crippen molar-refractivity contribution in [2.75, 3.05) is 33.3 Å². The van der Waals surface area contributed by atoms with Gasteiger partial charge in [-0.1, -0.05) is 32.0 Å². The molecule has 2 aromatic rings. The number of aromatic hydroxyl groups is 1.